The van der Waals surface area contributed by atoms with Crippen LogP contribution in [0, 0.1) is 35.5 Å². The lowest BCUT2D eigenvalue weighted by molar-refractivity contribution is -0.182. The molecule has 24 nitrogen and oxygen atoms in total. The van der Waals surface area contributed by atoms with Crippen molar-refractivity contribution in [2.24, 2.45) is 35.5 Å². The first-order valence-electron chi connectivity index (χ1n) is 38.3. The monoisotopic (exact) mass is 1460 g/mol. The minimum absolute atomic E-state index is 0.00299. The summed E-state index contributed by atoms with van der Waals surface area (Å²) in [7, 11) is 8.77. The molecule has 4 saturated carbocycles. The van der Waals surface area contributed by atoms with E-state index in [9.17, 15) is 27.6 Å². The highest BCUT2D eigenvalue weighted by Crippen LogP contribution is 2.44. The van der Waals surface area contributed by atoms with E-state index in [0.29, 0.717) is 45.2 Å². The molecule has 12 atom stereocenters. The van der Waals surface area contributed by atoms with Gasteiger partial charge in [0, 0.05) is 73.8 Å². The van der Waals surface area contributed by atoms with Gasteiger partial charge in [-0.15, -0.1) is 11.6 Å². The van der Waals surface area contributed by atoms with Gasteiger partial charge in [0.05, 0.1) is 18.9 Å². The molecule has 4 aliphatic heterocycles. The van der Waals surface area contributed by atoms with Crippen molar-refractivity contribution in [3.8, 4) is 0 Å². The van der Waals surface area contributed by atoms with Gasteiger partial charge >= 0.3 is 6.18 Å². The number of hydrogen-bond acceptors (Lipinski definition) is 12. The zero-order valence-electron chi connectivity index (χ0n) is 62.5. The number of carbonyl (C=O) groups is 12. The van der Waals surface area contributed by atoms with E-state index in [1.165, 1.54) is 81.5 Å². The molecular weight excluding hydrogens is 1340 g/mol. The molecule has 12 amide bonds. The molecule has 0 aromatic heterocycles. The lowest BCUT2D eigenvalue weighted by atomic mass is 9.78. The van der Waals surface area contributed by atoms with Gasteiger partial charge in [-0.1, -0.05) is 98.3 Å². The van der Waals surface area contributed by atoms with E-state index >= 15 is 43.2 Å². The third-order valence-electron chi connectivity index (χ3n) is 24.2. The molecule has 0 bridgehead atoms. The van der Waals surface area contributed by atoms with Crippen molar-refractivity contribution < 1.29 is 70.7 Å². The van der Waals surface area contributed by atoms with Crippen LogP contribution in [-0.2, 0) is 57.5 Å². The fourth-order valence-corrected chi connectivity index (χ4v) is 18.2. The summed E-state index contributed by atoms with van der Waals surface area (Å²) in [6.45, 7) is 9.25. The van der Waals surface area contributed by atoms with Crippen LogP contribution in [-0.4, -0.2) is 261 Å². The van der Waals surface area contributed by atoms with E-state index in [4.69, 9.17) is 11.6 Å². The highest BCUT2D eigenvalue weighted by atomic mass is 35.5. The zero-order valence-corrected chi connectivity index (χ0v) is 63.3. The first-order valence-corrected chi connectivity index (χ1v) is 38.7. The SMILES string of the molecule is CC(C)C[C@H]1C(=O)N[C@@H](CC2CCCC2)C(=O)N(C)[C@@H](C)C(=O)N2CC[C@H]2C(=O)N(C)[C@@H](CC2CCCCC2)C(=O)N(C)CC(=O)N[C@@H](CCC2CCC(C(F)(F)F)C(Cl)C2)C(=O)N2CCC[C@H]2C(=O)NC2(CCCC2)C(=O)N(C)[C@@H](C(C)C)C(=O)N(C)[C@H](C(=O)N2CCCCC2)CC(=O)N1C. The van der Waals surface area contributed by atoms with Crippen molar-refractivity contribution in [1.82, 2.24) is 60.0 Å². The molecule has 28 heteroatoms. The van der Waals surface area contributed by atoms with Gasteiger partial charge in [-0.3, -0.25) is 57.5 Å². The average Bonchev–Trinajstić information content (AvgIpc) is 1.12. The van der Waals surface area contributed by atoms with E-state index in [0.717, 1.165) is 64.2 Å². The molecule has 1 spiro atoms. The summed E-state index contributed by atoms with van der Waals surface area (Å²) in [5.41, 5.74) is -1.56. The molecule has 8 rings (SSSR count). The second kappa shape index (κ2) is 35.7. The summed E-state index contributed by atoms with van der Waals surface area (Å²) in [4.78, 5) is 193. The summed E-state index contributed by atoms with van der Waals surface area (Å²) in [5.74, 6) is -9.95. The van der Waals surface area contributed by atoms with Crippen LogP contribution in [0.15, 0.2) is 0 Å². The Morgan fingerprint density at radius 2 is 1.16 bits per heavy atom. The number of halogens is 4. The summed E-state index contributed by atoms with van der Waals surface area (Å²) < 4.78 is 42.1. The molecule has 0 aromatic carbocycles. The Morgan fingerprint density at radius 3 is 1.75 bits per heavy atom. The lowest BCUT2D eigenvalue weighted by Gasteiger charge is -2.45. The standard InChI is InChI=1S/C74H118ClF3N12O12/c1-45(2)39-57-63(93)80-54(41-48-25-16-17-26-48)66(96)83(7)47(5)65(95)90-38-32-56(90)69(99)85(9)58(42-49-23-14-12-15-24-49)68(98)82(6)44-60(91)79-53(31-29-50-28-30-51(52(75)40-50)74(76,77)78)67(97)89-37-22-27-55(89)64(94)81-73(33-18-19-34-73)72(102)87(11)62(46(3)4)71(101)86(10)59(43-61(92)84(57)8)70(100)88-35-20-13-21-36-88/h45-59,62H,12-44H2,1-11H3,(H,79,91)(H,80,93)(H,81,94)/t47-,50?,51?,52?,53-,54-,55-,56-,57-,58-,59-,62-/m0/s1. The van der Waals surface area contributed by atoms with Gasteiger partial charge < -0.3 is 60.0 Å². The van der Waals surface area contributed by atoms with Crippen molar-refractivity contribution in [2.75, 3.05) is 75.0 Å². The summed E-state index contributed by atoms with van der Waals surface area (Å²) in [6, 6.07) is -10.7. The average molecular weight is 1460 g/mol. The predicted octanol–water partition coefficient (Wildman–Crippen LogP) is 6.63. The van der Waals surface area contributed by atoms with Crippen LogP contribution in [0.1, 0.15) is 214 Å². The third-order valence-corrected chi connectivity index (χ3v) is 24.6. The van der Waals surface area contributed by atoms with Crippen molar-refractivity contribution in [2.45, 2.75) is 286 Å². The van der Waals surface area contributed by atoms with Crippen LogP contribution < -0.4 is 16.0 Å². The van der Waals surface area contributed by atoms with Gasteiger partial charge in [-0.05, 0) is 139 Å². The van der Waals surface area contributed by atoms with Crippen molar-refractivity contribution in [3.63, 3.8) is 0 Å². The highest BCUT2D eigenvalue weighted by Gasteiger charge is 2.52. The van der Waals surface area contributed by atoms with Crippen LogP contribution in [0.2, 0.25) is 0 Å². The Bertz CT molecular complexity index is 3010. The second-order valence-corrected chi connectivity index (χ2v) is 32.7. The number of likely N-dealkylation sites (tertiary alicyclic amines) is 1. The number of nitrogens with one attached hydrogen (secondary N) is 3. The Hall–Kier alpha value is -6.28. The quantitative estimate of drug-likeness (QED) is 0.184. The van der Waals surface area contributed by atoms with E-state index < -0.39 is 167 Å². The molecule has 8 fully saturated rings. The number of alkyl halides is 4. The summed E-state index contributed by atoms with van der Waals surface area (Å²) >= 11 is 6.41. The van der Waals surface area contributed by atoms with E-state index in [2.05, 4.69) is 16.0 Å². The molecule has 4 aliphatic carbocycles. The van der Waals surface area contributed by atoms with E-state index in [1.807, 2.05) is 13.8 Å². The Labute approximate surface area is 607 Å². The smallest absolute Gasteiger partial charge is 0.343 e. The van der Waals surface area contributed by atoms with Gasteiger partial charge in [0.1, 0.15) is 59.9 Å². The van der Waals surface area contributed by atoms with Gasteiger partial charge in [0.25, 0.3) is 0 Å². The number of rotatable bonds is 11. The molecule has 8 aliphatic rings. The second-order valence-electron chi connectivity index (χ2n) is 32.1. The van der Waals surface area contributed by atoms with E-state index in [-0.39, 0.29) is 114 Å². The number of piperidine rings is 1. The van der Waals surface area contributed by atoms with Gasteiger partial charge in [-0.2, -0.15) is 13.2 Å². The molecule has 4 saturated heterocycles. The maximum Gasteiger partial charge on any atom is 0.393 e. The maximum atomic E-state index is 15.5. The molecule has 3 unspecified atom stereocenters. The molecule has 0 aromatic rings. The fourth-order valence-electron chi connectivity index (χ4n) is 17.6. The topological polar surface area (TPSA) is 270 Å². The largest absolute Gasteiger partial charge is 0.393 e. The number of carbonyl (C=O) groups excluding carboxylic acids is 12. The minimum atomic E-state index is -4.51. The van der Waals surface area contributed by atoms with Crippen LogP contribution in [0.5, 0.6) is 0 Å². The number of hydrogen-bond donors (Lipinski definition) is 3. The Balaban J connectivity index is 1.16. The lowest BCUT2D eigenvalue weighted by Crippen LogP contribution is -2.65. The third kappa shape index (κ3) is 19.4. The van der Waals surface area contributed by atoms with Crippen LogP contribution in [0.4, 0.5) is 13.2 Å². The molecule has 574 valence electrons. The Morgan fingerprint density at radius 1 is 0.549 bits per heavy atom. The molecule has 4 heterocycles. The molecule has 0 radical (unpaired) electrons. The predicted molar refractivity (Wildman–Crippen MR) is 377 cm³/mol. The first-order chi connectivity index (χ1) is 48.2. The van der Waals surface area contributed by atoms with Gasteiger partial charge in [0.15, 0.2) is 0 Å². The number of nitrogens with zero attached hydrogens (tertiary/aromatic N) is 9. The molecular formula is C74H118ClF3N12O12. The van der Waals surface area contributed by atoms with Gasteiger partial charge in [-0.25, -0.2) is 0 Å². The Kier molecular flexibility index (Phi) is 28.5. The minimum Gasteiger partial charge on any atom is -0.343 e. The molecule has 3 N–H and O–H groups in total. The van der Waals surface area contributed by atoms with Crippen LogP contribution >= 0.6 is 11.6 Å². The summed E-state index contributed by atoms with van der Waals surface area (Å²) in [5, 5.41) is 7.71. The van der Waals surface area contributed by atoms with E-state index in [1.54, 1.807) is 25.7 Å². The van der Waals surface area contributed by atoms with Crippen LogP contribution in [0.25, 0.3) is 0 Å². The normalized spacial score (nSPS) is 31.3. The summed E-state index contributed by atoms with van der Waals surface area (Å²) in [6.07, 6.45) is 7.98. The first kappa shape index (κ1) is 81.4. The van der Waals surface area contributed by atoms with Crippen LogP contribution in [0.3, 0.4) is 0 Å². The highest BCUT2D eigenvalue weighted by molar-refractivity contribution is 6.21. The van der Waals surface area contributed by atoms with Crippen molar-refractivity contribution in [3.05, 3.63) is 0 Å². The van der Waals surface area contributed by atoms with Gasteiger partial charge in [0.2, 0.25) is 70.9 Å². The number of likely N-dealkylation sites (N-methyl/N-ethyl adjacent to an activating group) is 6. The fraction of sp³-hybridized carbons (Fsp3) is 0.838. The zero-order chi connectivity index (χ0) is 74.8. The number of fused-ring (bicyclic) bond motifs is 2. The van der Waals surface area contributed by atoms with Crippen molar-refractivity contribution >= 4 is 82.5 Å². The number of amides is 12. The maximum absolute atomic E-state index is 15.5. The van der Waals surface area contributed by atoms with Crippen molar-refractivity contribution in [1.29, 1.82) is 0 Å². The molecule has 102 heavy (non-hydrogen) atoms.